The summed E-state index contributed by atoms with van der Waals surface area (Å²) in [5.41, 5.74) is 5.96. The number of aryl methyl sites for hydroxylation is 1. The molecule has 0 aromatic carbocycles. The highest BCUT2D eigenvalue weighted by Crippen LogP contribution is 2.25. The molecule has 5 heteroatoms. The molecule has 1 fully saturated rings. The Kier molecular flexibility index (Phi) is 3.56. The predicted octanol–water partition coefficient (Wildman–Crippen LogP) is 1.91. The zero-order valence-electron chi connectivity index (χ0n) is 9.40. The number of carbonyl (C=O) groups excluding carboxylic acids is 1. The van der Waals surface area contributed by atoms with Crippen LogP contribution in [0, 0.1) is 12.8 Å². The molecule has 2 rings (SSSR count). The summed E-state index contributed by atoms with van der Waals surface area (Å²) in [4.78, 5) is 17.2. The minimum absolute atomic E-state index is 0.00908. The van der Waals surface area contributed by atoms with E-state index in [1.54, 1.807) is 6.20 Å². The SMILES string of the molecule is Cc1cnc(NC(=O)C2CCCCC2N)s1. The van der Waals surface area contributed by atoms with Crippen LogP contribution in [-0.4, -0.2) is 16.9 Å². The molecule has 16 heavy (non-hydrogen) atoms. The van der Waals surface area contributed by atoms with Crippen LogP contribution in [0.4, 0.5) is 5.13 Å². The highest BCUT2D eigenvalue weighted by molar-refractivity contribution is 7.15. The molecule has 0 bridgehead atoms. The second-order valence-electron chi connectivity index (χ2n) is 4.32. The number of anilines is 1. The Labute approximate surface area is 99.3 Å². The van der Waals surface area contributed by atoms with E-state index in [1.165, 1.54) is 11.3 Å². The molecule has 1 saturated carbocycles. The minimum atomic E-state index is -0.0436. The maximum absolute atomic E-state index is 12.0. The normalized spacial score (nSPS) is 25.4. The van der Waals surface area contributed by atoms with Gasteiger partial charge in [-0.2, -0.15) is 0 Å². The number of hydrogen-bond acceptors (Lipinski definition) is 4. The van der Waals surface area contributed by atoms with Gasteiger partial charge in [0.1, 0.15) is 0 Å². The highest BCUT2D eigenvalue weighted by Gasteiger charge is 2.28. The van der Waals surface area contributed by atoms with Gasteiger partial charge in [0.05, 0.1) is 5.92 Å². The fourth-order valence-electron chi connectivity index (χ4n) is 2.10. The molecule has 0 aliphatic heterocycles. The van der Waals surface area contributed by atoms with Gasteiger partial charge in [0, 0.05) is 17.1 Å². The van der Waals surface area contributed by atoms with E-state index >= 15 is 0 Å². The molecule has 1 aromatic heterocycles. The zero-order valence-corrected chi connectivity index (χ0v) is 10.2. The lowest BCUT2D eigenvalue weighted by Crippen LogP contribution is -2.40. The van der Waals surface area contributed by atoms with E-state index in [9.17, 15) is 4.79 Å². The number of thiazole rings is 1. The van der Waals surface area contributed by atoms with Gasteiger partial charge in [-0.05, 0) is 19.8 Å². The van der Waals surface area contributed by atoms with Gasteiger partial charge in [0.2, 0.25) is 5.91 Å². The van der Waals surface area contributed by atoms with E-state index in [0.29, 0.717) is 5.13 Å². The van der Waals surface area contributed by atoms with Crippen LogP contribution in [0.25, 0.3) is 0 Å². The average Bonchev–Trinajstić information content (AvgIpc) is 2.64. The Balaban J connectivity index is 1.96. The molecule has 0 saturated heterocycles. The van der Waals surface area contributed by atoms with E-state index in [2.05, 4.69) is 10.3 Å². The van der Waals surface area contributed by atoms with Gasteiger partial charge in [-0.15, -0.1) is 11.3 Å². The number of aromatic nitrogens is 1. The van der Waals surface area contributed by atoms with Gasteiger partial charge in [0.15, 0.2) is 5.13 Å². The van der Waals surface area contributed by atoms with Gasteiger partial charge in [0.25, 0.3) is 0 Å². The van der Waals surface area contributed by atoms with Gasteiger partial charge in [-0.25, -0.2) is 4.98 Å². The van der Waals surface area contributed by atoms with Crippen molar-refractivity contribution in [3.05, 3.63) is 11.1 Å². The number of nitrogens with zero attached hydrogens (tertiary/aromatic N) is 1. The van der Waals surface area contributed by atoms with Gasteiger partial charge >= 0.3 is 0 Å². The first-order valence-corrected chi connectivity index (χ1v) is 6.47. The monoisotopic (exact) mass is 239 g/mol. The van der Waals surface area contributed by atoms with Crippen LogP contribution in [0.15, 0.2) is 6.20 Å². The number of carbonyl (C=O) groups is 1. The molecular weight excluding hydrogens is 222 g/mol. The van der Waals surface area contributed by atoms with Crippen molar-refractivity contribution in [2.24, 2.45) is 11.7 Å². The minimum Gasteiger partial charge on any atom is -0.327 e. The summed E-state index contributed by atoms with van der Waals surface area (Å²) in [5, 5.41) is 3.53. The first kappa shape index (κ1) is 11.5. The summed E-state index contributed by atoms with van der Waals surface area (Å²) in [5.74, 6) is -0.0143. The summed E-state index contributed by atoms with van der Waals surface area (Å²) >= 11 is 1.50. The van der Waals surface area contributed by atoms with Crippen molar-refractivity contribution in [3.63, 3.8) is 0 Å². The van der Waals surface area contributed by atoms with Gasteiger partial charge < -0.3 is 11.1 Å². The second-order valence-corrected chi connectivity index (χ2v) is 5.55. The smallest absolute Gasteiger partial charge is 0.230 e. The summed E-state index contributed by atoms with van der Waals surface area (Å²) < 4.78 is 0. The fraction of sp³-hybridized carbons (Fsp3) is 0.636. The van der Waals surface area contributed by atoms with Crippen molar-refractivity contribution in [2.75, 3.05) is 5.32 Å². The quantitative estimate of drug-likeness (QED) is 0.828. The van der Waals surface area contributed by atoms with Crippen molar-refractivity contribution in [2.45, 2.75) is 38.6 Å². The van der Waals surface area contributed by atoms with Crippen molar-refractivity contribution in [1.82, 2.24) is 4.98 Å². The molecule has 2 unspecified atom stereocenters. The summed E-state index contributed by atoms with van der Waals surface area (Å²) in [6.07, 6.45) is 5.86. The molecule has 2 atom stereocenters. The molecular formula is C11H17N3OS. The molecule has 1 amide bonds. The third-order valence-corrected chi connectivity index (χ3v) is 3.84. The number of nitrogens with two attached hydrogens (primary N) is 1. The maximum Gasteiger partial charge on any atom is 0.230 e. The first-order chi connectivity index (χ1) is 7.66. The largest absolute Gasteiger partial charge is 0.327 e. The number of rotatable bonds is 2. The lowest BCUT2D eigenvalue weighted by atomic mass is 9.84. The molecule has 1 aromatic rings. The van der Waals surface area contributed by atoms with E-state index in [4.69, 9.17) is 5.73 Å². The molecule has 0 spiro atoms. The summed E-state index contributed by atoms with van der Waals surface area (Å²) in [7, 11) is 0. The van der Waals surface area contributed by atoms with Crippen molar-refractivity contribution in [1.29, 1.82) is 0 Å². The third-order valence-electron chi connectivity index (χ3n) is 3.01. The number of hydrogen-bond donors (Lipinski definition) is 2. The predicted molar refractivity (Wildman–Crippen MR) is 65.4 cm³/mol. The summed E-state index contributed by atoms with van der Waals surface area (Å²) in [6, 6.07) is 0.00908. The summed E-state index contributed by atoms with van der Waals surface area (Å²) in [6.45, 7) is 1.97. The van der Waals surface area contributed by atoms with Crippen LogP contribution < -0.4 is 11.1 Å². The molecule has 1 aliphatic carbocycles. The highest BCUT2D eigenvalue weighted by atomic mass is 32.1. The molecule has 0 radical (unpaired) electrons. The van der Waals surface area contributed by atoms with Crippen molar-refractivity contribution < 1.29 is 4.79 Å². The Morgan fingerprint density at radius 1 is 1.56 bits per heavy atom. The van der Waals surface area contributed by atoms with Crippen LogP contribution in [0.3, 0.4) is 0 Å². The lowest BCUT2D eigenvalue weighted by molar-refractivity contribution is -0.121. The van der Waals surface area contributed by atoms with Gasteiger partial charge in [-0.1, -0.05) is 12.8 Å². The standard InChI is InChI=1S/C11H17N3OS/c1-7-6-13-11(16-7)14-10(15)8-4-2-3-5-9(8)12/h6,8-9H,2-5,12H2,1H3,(H,13,14,15). The Hall–Kier alpha value is -0.940. The Morgan fingerprint density at radius 3 is 2.94 bits per heavy atom. The first-order valence-electron chi connectivity index (χ1n) is 5.65. The van der Waals surface area contributed by atoms with Crippen LogP contribution in [-0.2, 0) is 4.79 Å². The van der Waals surface area contributed by atoms with Crippen LogP contribution in [0.2, 0.25) is 0 Å². The van der Waals surface area contributed by atoms with E-state index in [1.807, 2.05) is 6.92 Å². The van der Waals surface area contributed by atoms with E-state index in [0.717, 1.165) is 30.6 Å². The van der Waals surface area contributed by atoms with Crippen LogP contribution in [0.1, 0.15) is 30.6 Å². The zero-order chi connectivity index (χ0) is 11.5. The van der Waals surface area contributed by atoms with Crippen molar-refractivity contribution in [3.8, 4) is 0 Å². The molecule has 1 heterocycles. The van der Waals surface area contributed by atoms with Crippen molar-refractivity contribution >= 4 is 22.4 Å². The number of amides is 1. The van der Waals surface area contributed by atoms with Crippen LogP contribution in [0.5, 0.6) is 0 Å². The fourth-order valence-corrected chi connectivity index (χ4v) is 2.76. The maximum atomic E-state index is 12.0. The molecule has 88 valence electrons. The lowest BCUT2D eigenvalue weighted by Gasteiger charge is -2.26. The van der Waals surface area contributed by atoms with Gasteiger partial charge in [-0.3, -0.25) is 4.79 Å². The number of nitrogens with one attached hydrogen (secondary N) is 1. The topological polar surface area (TPSA) is 68.0 Å². The Morgan fingerprint density at radius 2 is 2.31 bits per heavy atom. The second kappa shape index (κ2) is 4.93. The molecule has 1 aliphatic rings. The Bertz CT molecular complexity index is 377. The van der Waals surface area contributed by atoms with Crippen LogP contribution >= 0.6 is 11.3 Å². The average molecular weight is 239 g/mol. The molecule has 3 N–H and O–H groups in total. The molecule has 4 nitrogen and oxygen atoms in total. The third kappa shape index (κ3) is 2.59. The van der Waals surface area contributed by atoms with E-state index in [-0.39, 0.29) is 17.9 Å². The van der Waals surface area contributed by atoms with E-state index < -0.39 is 0 Å².